The zero-order valence-corrected chi connectivity index (χ0v) is 15.8. The lowest BCUT2D eigenvalue weighted by Crippen LogP contribution is -2.87. The van der Waals surface area contributed by atoms with E-state index in [1.54, 1.807) is 0 Å². The van der Waals surface area contributed by atoms with E-state index in [-0.39, 0.29) is 11.9 Å². The molecule has 0 spiro atoms. The molecule has 3 rings (SSSR count). The number of hydrogen-bond acceptors (Lipinski definition) is 1. The van der Waals surface area contributed by atoms with Gasteiger partial charge in [0.2, 0.25) is 0 Å². The van der Waals surface area contributed by atoms with E-state index >= 15 is 0 Å². The van der Waals surface area contributed by atoms with Crippen molar-refractivity contribution in [2.24, 2.45) is 0 Å². The van der Waals surface area contributed by atoms with Crippen LogP contribution < -0.4 is 10.6 Å². The molecule has 27 heavy (non-hydrogen) atoms. The van der Waals surface area contributed by atoms with Gasteiger partial charge >= 0.3 is 0 Å². The molecule has 0 heterocycles. The molecule has 3 nitrogen and oxygen atoms in total. The number of rotatable bonds is 8. The second-order valence-corrected chi connectivity index (χ2v) is 6.82. The third-order valence-electron chi connectivity index (χ3n) is 4.71. The Hall–Kier alpha value is -2.91. The zero-order chi connectivity index (χ0) is 18.9. The van der Waals surface area contributed by atoms with Crippen molar-refractivity contribution in [3.63, 3.8) is 0 Å². The average molecular weight is 359 g/mol. The molecule has 138 valence electrons. The van der Waals surface area contributed by atoms with Crippen LogP contribution in [0.3, 0.4) is 0 Å². The van der Waals surface area contributed by atoms with Crippen molar-refractivity contribution < 1.29 is 10.1 Å². The topological polar surface area (TPSA) is 45.7 Å². The number of nitrogens with one attached hydrogen (secondary N) is 1. The summed E-state index contributed by atoms with van der Waals surface area (Å²) < 4.78 is 0. The fourth-order valence-electron chi connectivity index (χ4n) is 3.19. The maximum atomic E-state index is 12.3. The van der Waals surface area contributed by atoms with Gasteiger partial charge in [-0.2, -0.15) is 0 Å². The molecule has 0 aliphatic carbocycles. The van der Waals surface area contributed by atoms with Crippen LogP contribution in [0, 0.1) is 6.92 Å². The number of carbonyl (C=O) groups is 1. The third-order valence-corrected chi connectivity index (χ3v) is 4.71. The SMILES string of the molecule is Cc1ccc([C@@H]([NH2+]CC(=O)NCCc2ccccc2)c2ccccc2)cc1. The first-order valence-corrected chi connectivity index (χ1v) is 9.48. The number of nitrogens with two attached hydrogens (primary N) is 1. The molecule has 0 aliphatic rings. The molecule has 0 unspecified atom stereocenters. The van der Waals surface area contributed by atoms with Crippen LogP contribution in [0.4, 0.5) is 0 Å². The number of benzene rings is 3. The Morgan fingerprint density at radius 3 is 2.11 bits per heavy atom. The van der Waals surface area contributed by atoms with Crippen LogP contribution in [0.1, 0.15) is 28.3 Å². The normalized spacial score (nSPS) is 11.7. The zero-order valence-electron chi connectivity index (χ0n) is 15.8. The van der Waals surface area contributed by atoms with E-state index in [0.717, 1.165) is 6.42 Å². The smallest absolute Gasteiger partial charge is 0.275 e. The summed E-state index contributed by atoms with van der Waals surface area (Å²) >= 11 is 0. The molecule has 0 bridgehead atoms. The minimum atomic E-state index is 0.0685. The molecule has 3 N–H and O–H groups in total. The monoisotopic (exact) mass is 359 g/mol. The minimum Gasteiger partial charge on any atom is -0.351 e. The minimum absolute atomic E-state index is 0.0685. The molecule has 0 aliphatic heterocycles. The number of carbonyl (C=O) groups excluding carboxylic acids is 1. The highest BCUT2D eigenvalue weighted by molar-refractivity contribution is 5.76. The van der Waals surface area contributed by atoms with Crippen molar-refractivity contribution >= 4 is 5.91 Å². The van der Waals surface area contributed by atoms with E-state index < -0.39 is 0 Å². The molecular weight excluding hydrogens is 332 g/mol. The first-order valence-electron chi connectivity index (χ1n) is 9.48. The van der Waals surface area contributed by atoms with Crippen molar-refractivity contribution in [3.05, 3.63) is 107 Å². The molecule has 1 amide bonds. The maximum Gasteiger partial charge on any atom is 0.275 e. The molecule has 0 radical (unpaired) electrons. The highest BCUT2D eigenvalue weighted by atomic mass is 16.1. The number of aryl methyl sites for hydroxylation is 1. The van der Waals surface area contributed by atoms with Gasteiger partial charge in [-0.1, -0.05) is 90.5 Å². The van der Waals surface area contributed by atoms with Gasteiger partial charge in [-0.3, -0.25) is 4.79 Å². The molecule has 3 aromatic carbocycles. The molecule has 0 saturated carbocycles. The average Bonchev–Trinajstić information content (AvgIpc) is 2.71. The quantitative estimate of drug-likeness (QED) is 0.638. The second kappa shape index (κ2) is 9.70. The Balaban J connectivity index is 1.57. The number of hydrogen-bond donors (Lipinski definition) is 2. The lowest BCUT2D eigenvalue weighted by molar-refractivity contribution is -0.676. The van der Waals surface area contributed by atoms with Crippen LogP contribution in [-0.4, -0.2) is 19.0 Å². The molecule has 3 aromatic rings. The summed E-state index contributed by atoms with van der Waals surface area (Å²) in [5, 5.41) is 5.14. The molecule has 0 saturated heterocycles. The van der Waals surface area contributed by atoms with Crippen LogP contribution in [0.2, 0.25) is 0 Å². The van der Waals surface area contributed by atoms with Crippen LogP contribution in [-0.2, 0) is 11.2 Å². The Morgan fingerprint density at radius 1 is 0.852 bits per heavy atom. The van der Waals surface area contributed by atoms with E-state index in [0.29, 0.717) is 13.1 Å². The van der Waals surface area contributed by atoms with Gasteiger partial charge in [-0.05, 0) is 18.9 Å². The molecule has 3 heteroatoms. The lowest BCUT2D eigenvalue weighted by Gasteiger charge is -2.17. The summed E-state index contributed by atoms with van der Waals surface area (Å²) in [5.74, 6) is 0.0685. The Kier molecular flexibility index (Phi) is 6.78. The van der Waals surface area contributed by atoms with Crippen LogP contribution in [0.5, 0.6) is 0 Å². The molecule has 0 aromatic heterocycles. The van der Waals surface area contributed by atoms with Crippen molar-refractivity contribution in [1.82, 2.24) is 5.32 Å². The lowest BCUT2D eigenvalue weighted by atomic mass is 9.98. The van der Waals surface area contributed by atoms with Gasteiger partial charge in [0.25, 0.3) is 5.91 Å². The van der Waals surface area contributed by atoms with Gasteiger partial charge in [0.05, 0.1) is 0 Å². The third kappa shape index (κ3) is 5.80. The van der Waals surface area contributed by atoms with Crippen LogP contribution in [0.15, 0.2) is 84.9 Å². The predicted octanol–water partition coefficient (Wildman–Crippen LogP) is 3.01. The standard InChI is InChI=1S/C24H26N2O/c1-19-12-14-22(15-13-19)24(21-10-6-3-7-11-21)26-18-23(27)25-17-16-20-8-4-2-5-9-20/h2-15,24,26H,16-18H2,1H3,(H,25,27)/p+1/t24-/m0/s1. The van der Waals surface area contributed by atoms with Crippen molar-refractivity contribution in [2.45, 2.75) is 19.4 Å². The molecule has 0 fully saturated rings. The van der Waals surface area contributed by atoms with E-state index in [2.05, 4.69) is 66.1 Å². The van der Waals surface area contributed by atoms with E-state index in [1.165, 1.54) is 22.3 Å². The summed E-state index contributed by atoms with van der Waals surface area (Å²) in [6.07, 6.45) is 0.854. The van der Waals surface area contributed by atoms with Crippen LogP contribution in [0.25, 0.3) is 0 Å². The van der Waals surface area contributed by atoms with Crippen molar-refractivity contribution in [2.75, 3.05) is 13.1 Å². The van der Waals surface area contributed by atoms with Gasteiger partial charge in [-0.25, -0.2) is 0 Å². The Bertz CT molecular complexity index is 829. The Morgan fingerprint density at radius 2 is 1.44 bits per heavy atom. The van der Waals surface area contributed by atoms with Crippen molar-refractivity contribution in [1.29, 1.82) is 0 Å². The Labute approximate surface area is 161 Å². The summed E-state index contributed by atoms with van der Waals surface area (Å²) in [7, 11) is 0. The fraction of sp³-hybridized carbons (Fsp3) is 0.208. The molecule has 1 atom stereocenters. The summed E-state index contributed by atoms with van der Waals surface area (Å²) in [4.78, 5) is 12.3. The summed E-state index contributed by atoms with van der Waals surface area (Å²) in [5.41, 5.74) is 4.90. The largest absolute Gasteiger partial charge is 0.351 e. The number of amides is 1. The fourth-order valence-corrected chi connectivity index (χ4v) is 3.19. The highest BCUT2D eigenvalue weighted by Crippen LogP contribution is 2.18. The predicted molar refractivity (Wildman–Crippen MR) is 109 cm³/mol. The van der Waals surface area contributed by atoms with E-state index in [1.807, 2.05) is 36.4 Å². The first kappa shape index (κ1) is 18.9. The first-order chi connectivity index (χ1) is 13.2. The van der Waals surface area contributed by atoms with E-state index in [4.69, 9.17) is 0 Å². The highest BCUT2D eigenvalue weighted by Gasteiger charge is 2.18. The molecular formula is C24H27N2O+. The van der Waals surface area contributed by atoms with Crippen LogP contribution >= 0.6 is 0 Å². The number of quaternary nitrogens is 1. The van der Waals surface area contributed by atoms with Gasteiger partial charge in [0, 0.05) is 17.7 Å². The summed E-state index contributed by atoms with van der Waals surface area (Å²) in [6.45, 7) is 3.16. The summed E-state index contributed by atoms with van der Waals surface area (Å²) in [6, 6.07) is 29.2. The van der Waals surface area contributed by atoms with Gasteiger partial charge in [0.1, 0.15) is 6.04 Å². The van der Waals surface area contributed by atoms with Gasteiger partial charge in [0.15, 0.2) is 6.54 Å². The van der Waals surface area contributed by atoms with Gasteiger partial charge in [-0.15, -0.1) is 0 Å². The van der Waals surface area contributed by atoms with Gasteiger partial charge < -0.3 is 10.6 Å². The van der Waals surface area contributed by atoms with E-state index in [9.17, 15) is 4.79 Å². The van der Waals surface area contributed by atoms with Crippen molar-refractivity contribution in [3.8, 4) is 0 Å². The second-order valence-electron chi connectivity index (χ2n) is 6.82. The maximum absolute atomic E-state index is 12.3.